The molecule has 22 heteroatoms. The smallest absolute Gasteiger partial charge is 0.410 e. The molecule has 0 spiro atoms. The fraction of sp³-hybridized carbons (Fsp3) is 0.516. The molecule has 0 radical (unpaired) electrons. The van der Waals surface area contributed by atoms with Gasteiger partial charge in [-0.1, -0.05) is 42.3 Å². The van der Waals surface area contributed by atoms with E-state index in [-0.39, 0.29) is 103 Å². The lowest BCUT2D eigenvalue weighted by Crippen LogP contribution is -2.57. The maximum Gasteiger partial charge on any atom is 0.410 e. The molecule has 2 bridgehead atoms. The number of amides is 4. The Morgan fingerprint density at radius 2 is 1.65 bits per heavy atom. The third-order valence-corrected chi connectivity index (χ3v) is 18.4. The maximum atomic E-state index is 17.5. The molecule has 3 aromatic carbocycles. The van der Waals surface area contributed by atoms with E-state index in [0.29, 0.717) is 78.6 Å². The average molecular weight is 1150 g/mol. The molecule has 3 aromatic heterocycles. The lowest BCUT2D eigenvalue weighted by molar-refractivity contribution is -0.135. The molecule has 7 saturated heterocycles. The van der Waals surface area contributed by atoms with Crippen molar-refractivity contribution in [1.82, 2.24) is 49.0 Å². The number of piperazine rings is 1. The van der Waals surface area contributed by atoms with Gasteiger partial charge in [0.15, 0.2) is 5.82 Å². The first-order chi connectivity index (χ1) is 40.4. The third-order valence-electron chi connectivity index (χ3n) is 18.4. The number of imidazole rings is 1. The van der Waals surface area contributed by atoms with Crippen molar-refractivity contribution in [3.8, 4) is 29.6 Å². The van der Waals surface area contributed by atoms with Gasteiger partial charge in [-0.15, -0.1) is 6.42 Å². The van der Waals surface area contributed by atoms with Gasteiger partial charge in [0.2, 0.25) is 11.8 Å². The summed E-state index contributed by atoms with van der Waals surface area (Å²) in [5.74, 6) is 0.770. The molecule has 10 heterocycles. The lowest BCUT2D eigenvalue weighted by Gasteiger charge is -2.42. The van der Waals surface area contributed by atoms with Gasteiger partial charge in [-0.05, 0) is 108 Å². The topological polar surface area (TPSA) is 199 Å². The molecule has 4 amide bonds. The Bertz CT molecular complexity index is 3740. The van der Waals surface area contributed by atoms with E-state index in [2.05, 4.69) is 30.9 Å². The SMILES string of the molecule is C#Cc1c(F)ccc2cccc(-c3ncc4c(N5CC6CCC(C5)N6C(=O)OC(C)(C)C)nc(OC[C@@]56CCCN5[C@H](COC(=O)N5CCC(OC7CN(Cc8cccc9c8n(C)c(=O)n9C8CCC(=O)NC8=O)C7)CC5)CC6)nc4c3F)c12. The van der Waals surface area contributed by atoms with Crippen LogP contribution in [0.15, 0.2) is 59.5 Å². The Balaban J connectivity index is 0.646. The van der Waals surface area contributed by atoms with Gasteiger partial charge in [0.1, 0.15) is 47.7 Å². The monoisotopic (exact) mass is 1150 g/mol. The maximum absolute atomic E-state index is 17.5. The number of nitrogens with one attached hydrogen (secondary N) is 1. The number of hydrogen-bond acceptors (Lipinski definition) is 15. The molecular weight excluding hydrogens is 1080 g/mol. The van der Waals surface area contributed by atoms with Crippen LogP contribution in [0.2, 0.25) is 0 Å². The number of carbonyl (C=O) groups excluding carboxylic acids is 4. The van der Waals surface area contributed by atoms with Crippen molar-refractivity contribution >= 4 is 62.5 Å². The Hall–Kier alpha value is -7.74. The summed E-state index contributed by atoms with van der Waals surface area (Å²) >= 11 is 0. The van der Waals surface area contributed by atoms with Crippen molar-refractivity contribution in [2.45, 2.75) is 139 Å². The van der Waals surface area contributed by atoms with E-state index in [9.17, 15) is 24.0 Å². The number of pyridine rings is 1. The third kappa shape index (κ3) is 10.0. The fourth-order valence-electron chi connectivity index (χ4n) is 14.4. The average Bonchev–Trinajstić information content (AvgIpc) is 2.08. The predicted octanol–water partition coefficient (Wildman–Crippen LogP) is 7.20. The summed E-state index contributed by atoms with van der Waals surface area (Å²) in [7, 11) is 1.71. The number of benzene rings is 3. The summed E-state index contributed by atoms with van der Waals surface area (Å²) in [5, 5.41) is 3.73. The Labute approximate surface area is 484 Å². The molecular formula is C62H69F2N11O9. The number of anilines is 1. The quantitative estimate of drug-likeness (QED) is 0.0953. The van der Waals surface area contributed by atoms with E-state index in [4.69, 9.17) is 35.3 Å². The highest BCUT2D eigenvalue weighted by Crippen LogP contribution is 2.44. The summed E-state index contributed by atoms with van der Waals surface area (Å²) in [4.78, 5) is 89.9. The van der Waals surface area contributed by atoms with Crippen LogP contribution in [0, 0.1) is 24.0 Å². The zero-order valence-electron chi connectivity index (χ0n) is 47.8. The van der Waals surface area contributed by atoms with Gasteiger partial charge >= 0.3 is 23.9 Å². The van der Waals surface area contributed by atoms with Crippen molar-refractivity contribution in [2.75, 3.05) is 63.9 Å². The van der Waals surface area contributed by atoms with Crippen molar-refractivity contribution in [3.05, 3.63) is 88.0 Å². The molecule has 0 aliphatic carbocycles. The molecule has 1 N–H and O–H groups in total. The fourth-order valence-corrected chi connectivity index (χ4v) is 14.4. The Morgan fingerprint density at radius 3 is 2.40 bits per heavy atom. The minimum absolute atomic E-state index is 0.00709. The zero-order chi connectivity index (χ0) is 58.3. The van der Waals surface area contributed by atoms with Crippen LogP contribution >= 0.6 is 0 Å². The van der Waals surface area contributed by atoms with Crippen LogP contribution in [-0.2, 0) is 37.4 Å². The van der Waals surface area contributed by atoms with E-state index in [1.54, 1.807) is 47.0 Å². The molecule has 7 aliphatic heterocycles. The van der Waals surface area contributed by atoms with Crippen LogP contribution in [0.4, 0.5) is 24.2 Å². The van der Waals surface area contributed by atoms with E-state index in [0.717, 1.165) is 69.2 Å². The summed E-state index contributed by atoms with van der Waals surface area (Å²) in [6.45, 7) is 10.7. The Kier molecular flexibility index (Phi) is 14.3. The number of aromatic nitrogens is 5. The van der Waals surface area contributed by atoms with Crippen LogP contribution in [0.1, 0.15) is 102 Å². The summed E-state index contributed by atoms with van der Waals surface area (Å²) in [5.41, 5.74) is 1.32. The molecule has 20 nitrogen and oxygen atoms in total. The molecule has 3 unspecified atom stereocenters. The summed E-state index contributed by atoms with van der Waals surface area (Å²) in [6, 6.07) is 12.7. The molecule has 7 fully saturated rings. The number of para-hydroxylation sites is 1. The van der Waals surface area contributed by atoms with Crippen molar-refractivity contribution in [3.63, 3.8) is 0 Å². The highest BCUT2D eigenvalue weighted by molar-refractivity contribution is 6.02. The normalized spacial score (nSPS) is 24.2. The number of rotatable bonds is 12. The number of ether oxygens (including phenoxy) is 4. The number of hydrogen-bond donors (Lipinski definition) is 1. The van der Waals surface area contributed by atoms with Crippen LogP contribution in [0.5, 0.6) is 6.01 Å². The second-order valence-electron chi connectivity index (χ2n) is 24.8. The molecule has 0 saturated carbocycles. The number of imide groups is 1. The van der Waals surface area contributed by atoms with Crippen LogP contribution < -0.4 is 20.6 Å². The molecule has 5 atom stereocenters. The first kappa shape index (κ1) is 55.4. The highest BCUT2D eigenvalue weighted by Gasteiger charge is 2.51. The van der Waals surface area contributed by atoms with E-state index in [1.807, 2.05) is 43.9 Å². The Morgan fingerprint density at radius 1 is 0.881 bits per heavy atom. The first-order valence-electron chi connectivity index (χ1n) is 29.5. The van der Waals surface area contributed by atoms with E-state index < -0.39 is 34.7 Å². The van der Waals surface area contributed by atoms with Crippen LogP contribution in [-0.4, -0.2) is 168 Å². The molecule has 13 rings (SSSR count). The summed E-state index contributed by atoms with van der Waals surface area (Å²) < 4.78 is 60.8. The molecule has 440 valence electrons. The van der Waals surface area contributed by atoms with Crippen molar-refractivity contribution in [1.29, 1.82) is 0 Å². The van der Waals surface area contributed by atoms with Gasteiger partial charge in [-0.2, -0.15) is 9.97 Å². The molecule has 6 aromatic rings. The first-order valence-corrected chi connectivity index (χ1v) is 29.5. The second-order valence-corrected chi connectivity index (χ2v) is 24.8. The van der Waals surface area contributed by atoms with Gasteiger partial charge < -0.3 is 28.7 Å². The number of halogens is 2. The number of nitrogens with zero attached hydrogens (tertiary/aromatic N) is 10. The number of fused-ring (bicyclic) bond motifs is 6. The van der Waals surface area contributed by atoms with Crippen LogP contribution in [0.25, 0.3) is 44.0 Å². The summed E-state index contributed by atoms with van der Waals surface area (Å²) in [6.07, 6.45) is 13.4. The number of carbonyl (C=O) groups is 4. The minimum Gasteiger partial charge on any atom is -0.461 e. The number of piperidine rings is 2. The minimum atomic E-state index is -0.745. The van der Waals surface area contributed by atoms with Gasteiger partial charge in [0, 0.05) is 82.5 Å². The van der Waals surface area contributed by atoms with Crippen molar-refractivity contribution in [2.24, 2.45) is 7.05 Å². The predicted molar refractivity (Wildman–Crippen MR) is 307 cm³/mol. The van der Waals surface area contributed by atoms with Gasteiger partial charge in [0.25, 0.3) is 0 Å². The largest absolute Gasteiger partial charge is 0.461 e. The number of terminal acetylenes is 1. The second kappa shape index (κ2) is 21.7. The highest BCUT2D eigenvalue weighted by atomic mass is 19.1. The van der Waals surface area contributed by atoms with E-state index >= 15 is 8.78 Å². The standard InChI is InChI=1S/C62H69F2N11O9/c1-6-43-46(63)17-14-36-10-7-12-44(50(36)43)52-51(64)53-45(28-65-52)55(72-30-38-15-16-39(31-72)74(38)60(80)84-61(2,3)4)68-57(67-53)82-35-62-23-9-25-73(62)40(20-24-62)34-81-59(79)71-26-21-41(22-27-71)83-42-32-70(33-42)29-37-11-8-13-47-54(37)69(5)58(78)75(47)48-18-19-49(76)66-56(48)77/h1,7-8,10-14,17,28,38-42,48H,9,15-16,18-27,29-35H2,2-5H3,(H,66,76,77)/t38?,39?,40-,48?,62-/m0/s1. The zero-order valence-corrected chi connectivity index (χ0v) is 47.8. The number of aryl methyl sites for hydroxylation is 1. The van der Waals surface area contributed by atoms with Gasteiger partial charge in [0.05, 0.1) is 51.8 Å². The van der Waals surface area contributed by atoms with Crippen molar-refractivity contribution < 1.29 is 46.9 Å². The lowest BCUT2D eigenvalue weighted by atomic mass is 9.95. The van der Waals surface area contributed by atoms with Gasteiger partial charge in [-0.3, -0.25) is 43.7 Å². The van der Waals surface area contributed by atoms with E-state index in [1.165, 1.54) is 10.6 Å². The van der Waals surface area contributed by atoms with Gasteiger partial charge in [-0.25, -0.2) is 23.2 Å². The number of likely N-dealkylation sites (tertiary alicyclic amines) is 2. The molecule has 7 aliphatic rings. The van der Waals surface area contributed by atoms with Crippen LogP contribution in [0.3, 0.4) is 0 Å². The molecule has 84 heavy (non-hydrogen) atoms.